The molecule has 9 heteroatoms. The minimum absolute atomic E-state index is 0.0229. The molecular formula is C34H30N2O5S2. The van der Waals surface area contributed by atoms with Crippen LogP contribution < -0.4 is 19.2 Å². The van der Waals surface area contributed by atoms with Gasteiger partial charge in [-0.2, -0.15) is 0 Å². The maximum Gasteiger partial charge on any atom is 0.305 e. The first-order valence-electron chi connectivity index (χ1n) is 14.6. The third-order valence-corrected chi connectivity index (χ3v) is 12.4. The van der Waals surface area contributed by atoms with E-state index in [1.165, 1.54) is 21.8 Å². The monoisotopic (exact) mass is 610 g/mol. The van der Waals surface area contributed by atoms with Crippen LogP contribution >= 0.6 is 23.1 Å². The molecule has 8 rings (SSSR count). The number of H-pyrrole nitrogens is 1. The summed E-state index contributed by atoms with van der Waals surface area (Å²) in [6.45, 7) is 2.56. The lowest BCUT2D eigenvalue weighted by Gasteiger charge is -2.43. The van der Waals surface area contributed by atoms with Crippen molar-refractivity contribution < 1.29 is 19.1 Å². The van der Waals surface area contributed by atoms with Crippen molar-refractivity contribution in [3.8, 4) is 11.5 Å². The number of imide groups is 1. The van der Waals surface area contributed by atoms with E-state index in [-0.39, 0.29) is 57.4 Å². The molecule has 6 unspecified atom stereocenters. The number of methoxy groups -OCH3 is 1. The summed E-state index contributed by atoms with van der Waals surface area (Å²) in [5.74, 6) is 0.906. The molecule has 1 saturated heterocycles. The van der Waals surface area contributed by atoms with Gasteiger partial charge in [0, 0.05) is 16.0 Å². The lowest BCUT2D eigenvalue weighted by Crippen LogP contribution is -2.42. The second-order valence-corrected chi connectivity index (χ2v) is 14.2. The minimum Gasteiger partial charge on any atom is -0.497 e. The second-order valence-electron chi connectivity index (χ2n) is 12.0. The van der Waals surface area contributed by atoms with Gasteiger partial charge in [0.25, 0.3) is 0 Å². The Kier molecular flexibility index (Phi) is 6.31. The predicted molar refractivity (Wildman–Crippen MR) is 166 cm³/mol. The first-order valence-corrected chi connectivity index (χ1v) is 16.3. The number of nitrogens with one attached hydrogen (secondary N) is 1. The van der Waals surface area contributed by atoms with Gasteiger partial charge in [0.15, 0.2) is 0 Å². The molecule has 4 aliphatic rings. The van der Waals surface area contributed by atoms with Gasteiger partial charge in [-0.3, -0.25) is 19.3 Å². The molecule has 1 aromatic heterocycles. The van der Waals surface area contributed by atoms with Crippen LogP contribution in [0.25, 0.3) is 0 Å². The number of amides is 2. The fourth-order valence-electron chi connectivity index (χ4n) is 8.00. The number of thiazole rings is 1. The van der Waals surface area contributed by atoms with Gasteiger partial charge in [0.1, 0.15) is 18.1 Å². The molecule has 218 valence electrons. The molecule has 3 aromatic carbocycles. The number of aryl methyl sites for hydroxylation is 1. The average Bonchev–Trinajstić information content (AvgIpc) is 3.76. The molecule has 1 N–H and O–H groups in total. The SMILES string of the molecule is COc1ccc(N2C(=O)C3C4CC(C3C2=O)C2C4Sc3[nH]c(=O)sc3[C@@H]2c2ccc(OCc3ccc(C)cc3)cc2)cc1. The van der Waals surface area contributed by atoms with E-state index >= 15 is 0 Å². The number of fused-ring (bicyclic) bond motifs is 9. The highest BCUT2D eigenvalue weighted by Gasteiger charge is 2.69. The Balaban J connectivity index is 1.10. The first kappa shape index (κ1) is 26.8. The van der Waals surface area contributed by atoms with Gasteiger partial charge in [-0.25, -0.2) is 0 Å². The molecule has 3 fully saturated rings. The fraction of sp³-hybridized carbons (Fsp3) is 0.324. The van der Waals surface area contributed by atoms with E-state index in [0.29, 0.717) is 18.0 Å². The van der Waals surface area contributed by atoms with Gasteiger partial charge >= 0.3 is 4.87 Å². The van der Waals surface area contributed by atoms with Crippen LogP contribution in [0.2, 0.25) is 0 Å². The molecule has 2 aliphatic heterocycles. The van der Waals surface area contributed by atoms with Gasteiger partial charge in [0.2, 0.25) is 11.8 Å². The third kappa shape index (κ3) is 4.19. The summed E-state index contributed by atoms with van der Waals surface area (Å²) >= 11 is 2.98. The predicted octanol–water partition coefficient (Wildman–Crippen LogP) is 6.01. The van der Waals surface area contributed by atoms with Crippen molar-refractivity contribution in [2.45, 2.75) is 36.1 Å². The molecule has 2 amide bonds. The van der Waals surface area contributed by atoms with Crippen molar-refractivity contribution >= 4 is 40.6 Å². The fourth-order valence-corrected chi connectivity index (χ4v) is 10.9. The molecule has 2 bridgehead atoms. The van der Waals surface area contributed by atoms with Gasteiger partial charge < -0.3 is 14.5 Å². The lowest BCUT2D eigenvalue weighted by molar-refractivity contribution is -0.123. The number of nitrogens with zero attached hydrogens (tertiary/aromatic N) is 1. The summed E-state index contributed by atoms with van der Waals surface area (Å²) in [5, 5.41) is 1.06. The van der Waals surface area contributed by atoms with Crippen molar-refractivity contribution in [2.24, 2.45) is 29.6 Å². The smallest absolute Gasteiger partial charge is 0.305 e. The van der Waals surface area contributed by atoms with Crippen molar-refractivity contribution in [1.29, 1.82) is 0 Å². The molecule has 4 aromatic rings. The van der Waals surface area contributed by atoms with E-state index in [4.69, 9.17) is 9.47 Å². The molecule has 7 atom stereocenters. The summed E-state index contributed by atoms with van der Waals surface area (Å²) in [6.07, 6.45) is 0.860. The highest BCUT2D eigenvalue weighted by Crippen LogP contribution is 2.68. The Hall–Kier alpha value is -3.82. The number of hydrogen-bond donors (Lipinski definition) is 1. The summed E-state index contributed by atoms with van der Waals surface area (Å²) in [7, 11) is 1.59. The van der Waals surface area contributed by atoms with Crippen LogP contribution in [0.4, 0.5) is 5.69 Å². The Labute approximate surface area is 257 Å². The van der Waals surface area contributed by atoms with Gasteiger partial charge in [0.05, 0.1) is 29.7 Å². The van der Waals surface area contributed by atoms with E-state index in [1.807, 2.05) is 12.1 Å². The quantitative estimate of drug-likeness (QED) is 0.269. The average molecular weight is 611 g/mol. The molecule has 43 heavy (non-hydrogen) atoms. The number of rotatable bonds is 6. The van der Waals surface area contributed by atoms with Crippen LogP contribution in [-0.4, -0.2) is 29.2 Å². The molecule has 2 aliphatic carbocycles. The van der Waals surface area contributed by atoms with Crippen molar-refractivity contribution in [3.05, 3.63) is 104 Å². The highest BCUT2D eigenvalue weighted by molar-refractivity contribution is 8.00. The zero-order chi connectivity index (χ0) is 29.4. The Morgan fingerprint density at radius 1 is 0.860 bits per heavy atom. The normalized spacial score (nSPS) is 28.5. The molecule has 0 spiro atoms. The van der Waals surface area contributed by atoms with Crippen LogP contribution in [0.5, 0.6) is 11.5 Å². The van der Waals surface area contributed by atoms with Crippen molar-refractivity contribution in [2.75, 3.05) is 12.0 Å². The number of thioether (sulfide) groups is 1. The van der Waals surface area contributed by atoms with Gasteiger partial charge in [-0.05, 0) is 78.6 Å². The molecular weight excluding hydrogens is 581 g/mol. The number of anilines is 1. The van der Waals surface area contributed by atoms with Crippen LogP contribution in [-0.2, 0) is 16.2 Å². The van der Waals surface area contributed by atoms with E-state index < -0.39 is 0 Å². The summed E-state index contributed by atoms with van der Waals surface area (Å²) in [4.78, 5) is 45.8. The van der Waals surface area contributed by atoms with Crippen molar-refractivity contribution in [3.63, 3.8) is 0 Å². The molecule has 2 saturated carbocycles. The van der Waals surface area contributed by atoms with Crippen LogP contribution in [0, 0.1) is 36.5 Å². The first-order chi connectivity index (χ1) is 20.9. The van der Waals surface area contributed by atoms with E-state index in [1.54, 1.807) is 43.1 Å². The minimum atomic E-state index is -0.335. The van der Waals surface area contributed by atoms with Gasteiger partial charge in [-0.1, -0.05) is 53.3 Å². The van der Waals surface area contributed by atoms with Crippen LogP contribution in [0.1, 0.15) is 33.9 Å². The number of benzene rings is 3. The Morgan fingerprint density at radius 2 is 1.53 bits per heavy atom. The molecule has 3 heterocycles. The lowest BCUT2D eigenvalue weighted by atomic mass is 9.68. The Bertz CT molecular complexity index is 1780. The second kappa shape index (κ2) is 10.1. The summed E-state index contributed by atoms with van der Waals surface area (Å²) in [6, 6.07) is 23.7. The maximum absolute atomic E-state index is 14.0. The highest BCUT2D eigenvalue weighted by atomic mass is 32.2. The number of aromatic nitrogens is 1. The summed E-state index contributed by atoms with van der Waals surface area (Å²) in [5.41, 5.74) is 4.04. The van der Waals surface area contributed by atoms with Gasteiger partial charge in [-0.15, -0.1) is 11.8 Å². The number of carbonyl (C=O) groups excluding carboxylic acids is 2. The number of carbonyl (C=O) groups is 2. The van der Waals surface area contributed by atoms with E-state index in [2.05, 4.69) is 48.3 Å². The standard InChI is InChI=1S/C34H30N2O5S2/c1-17-3-5-18(6-4-17)16-41-22-11-7-19(8-12-22)25-26-23-15-24(29(26)42-31-30(25)43-34(39)35-31)28-27(23)32(37)36(33(28)38)20-9-13-21(40-2)14-10-20/h3-14,23-29H,15-16H2,1-2H3,(H,35,39)/t23?,24?,25-,26?,27?,28?,29?/m1/s1. The van der Waals surface area contributed by atoms with Crippen LogP contribution in [0.15, 0.2) is 82.6 Å². The van der Waals surface area contributed by atoms with E-state index in [0.717, 1.165) is 33.2 Å². The zero-order valence-corrected chi connectivity index (χ0v) is 25.3. The topological polar surface area (TPSA) is 88.7 Å². The van der Waals surface area contributed by atoms with E-state index in [9.17, 15) is 14.4 Å². The maximum atomic E-state index is 14.0. The van der Waals surface area contributed by atoms with Crippen molar-refractivity contribution in [1.82, 2.24) is 4.98 Å². The third-order valence-electron chi connectivity index (χ3n) is 9.82. The number of ether oxygens (including phenoxy) is 2. The molecule has 7 nitrogen and oxygen atoms in total. The largest absolute Gasteiger partial charge is 0.497 e. The van der Waals surface area contributed by atoms with Crippen LogP contribution in [0.3, 0.4) is 0 Å². The summed E-state index contributed by atoms with van der Waals surface area (Å²) < 4.78 is 11.4. The number of hydrogen-bond acceptors (Lipinski definition) is 7. The zero-order valence-electron chi connectivity index (χ0n) is 23.7. The Morgan fingerprint density at radius 3 is 2.23 bits per heavy atom. The molecule has 0 radical (unpaired) electrons. The number of aromatic amines is 1.